The lowest BCUT2D eigenvalue weighted by Gasteiger charge is -2.36. The molecule has 3 aromatic rings. The number of aromatic hydroxyl groups is 3. The second kappa shape index (κ2) is 18.5. The Morgan fingerprint density at radius 1 is 0.473 bits per heavy atom. The number of phenols is 3. The molecule has 0 aliphatic heterocycles. The average molecular weight is 752 g/mol. The first-order valence-electron chi connectivity index (χ1n) is 21.9. The molecule has 0 heterocycles. The minimum atomic E-state index is -0.402. The average Bonchev–Trinajstić information content (AvgIpc) is 3.17. The van der Waals surface area contributed by atoms with Crippen molar-refractivity contribution < 1.29 is 15.3 Å². The van der Waals surface area contributed by atoms with Crippen molar-refractivity contribution in [3.8, 4) is 17.2 Å². The summed E-state index contributed by atoms with van der Waals surface area (Å²) >= 11 is 0. The highest BCUT2D eigenvalue weighted by molar-refractivity contribution is 5.55. The predicted octanol–water partition coefficient (Wildman–Crippen LogP) is 11.1. The Balaban J connectivity index is 1.53. The van der Waals surface area contributed by atoms with Crippen LogP contribution in [0.15, 0.2) is 36.4 Å². The van der Waals surface area contributed by atoms with E-state index in [0.29, 0.717) is 54.6 Å². The fourth-order valence-electron chi connectivity index (χ4n) is 10.4. The van der Waals surface area contributed by atoms with Crippen molar-refractivity contribution >= 4 is 0 Å². The molecule has 0 bridgehead atoms. The molecule has 6 rings (SSSR count). The summed E-state index contributed by atoms with van der Waals surface area (Å²) in [7, 11) is 12.5. The lowest BCUT2D eigenvalue weighted by molar-refractivity contribution is 0.372. The Labute approximate surface area is 334 Å². The number of phenolic OH excluding ortho intramolecular Hbond substituents is 3. The molecule has 6 nitrogen and oxygen atoms in total. The molecular weight excluding hydrogens is 679 g/mol. The molecular formula is C49H73N3O3. The van der Waals surface area contributed by atoms with Crippen LogP contribution in [0.3, 0.4) is 0 Å². The third-order valence-electron chi connectivity index (χ3n) is 13.5. The van der Waals surface area contributed by atoms with Gasteiger partial charge in [0.1, 0.15) is 17.2 Å². The van der Waals surface area contributed by atoms with Gasteiger partial charge in [-0.3, -0.25) is 0 Å². The molecule has 55 heavy (non-hydrogen) atoms. The van der Waals surface area contributed by atoms with Gasteiger partial charge in [-0.25, -0.2) is 0 Å². The number of nitrogens with zero attached hydrogens (tertiary/aromatic N) is 3. The van der Waals surface area contributed by atoms with Gasteiger partial charge in [0.15, 0.2) is 0 Å². The van der Waals surface area contributed by atoms with Gasteiger partial charge in [-0.05, 0) is 157 Å². The highest BCUT2D eigenvalue weighted by Gasteiger charge is 2.35. The van der Waals surface area contributed by atoms with E-state index in [2.05, 4.69) is 100 Å². The van der Waals surface area contributed by atoms with Crippen LogP contribution in [0, 0.1) is 0 Å². The molecule has 0 atom stereocenters. The summed E-state index contributed by atoms with van der Waals surface area (Å²) in [6.07, 6.45) is 19.7. The molecule has 0 radical (unpaired) electrons. The van der Waals surface area contributed by atoms with E-state index in [-0.39, 0.29) is 0 Å². The van der Waals surface area contributed by atoms with E-state index in [0.717, 1.165) is 84.7 Å². The van der Waals surface area contributed by atoms with Crippen LogP contribution in [0.1, 0.15) is 177 Å². The van der Waals surface area contributed by atoms with Crippen molar-refractivity contribution in [1.82, 2.24) is 14.7 Å². The predicted molar refractivity (Wildman–Crippen MR) is 229 cm³/mol. The van der Waals surface area contributed by atoms with E-state index < -0.39 is 5.41 Å². The maximum absolute atomic E-state index is 11.9. The zero-order valence-electron chi connectivity index (χ0n) is 35.5. The molecule has 3 N–H and O–H groups in total. The van der Waals surface area contributed by atoms with Crippen molar-refractivity contribution in [3.63, 3.8) is 0 Å². The van der Waals surface area contributed by atoms with Gasteiger partial charge in [0.2, 0.25) is 0 Å². The fourth-order valence-corrected chi connectivity index (χ4v) is 10.4. The molecule has 302 valence electrons. The highest BCUT2D eigenvalue weighted by atomic mass is 16.3. The summed E-state index contributed by atoms with van der Waals surface area (Å²) < 4.78 is 0. The van der Waals surface area contributed by atoms with E-state index in [1.54, 1.807) is 0 Å². The van der Waals surface area contributed by atoms with Crippen molar-refractivity contribution in [1.29, 1.82) is 0 Å². The monoisotopic (exact) mass is 752 g/mol. The Hall–Kier alpha value is -3.06. The summed E-state index contributed by atoms with van der Waals surface area (Å²) in [5, 5.41) is 35.6. The van der Waals surface area contributed by atoms with Crippen molar-refractivity contribution in [3.05, 3.63) is 86.5 Å². The van der Waals surface area contributed by atoms with Crippen LogP contribution in [0.5, 0.6) is 17.2 Å². The van der Waals surface area contributed by atoms with Crippen LogP contribution in [0.4, 0.5) is 0 Å². The fraction of sp³-hybridized carbons (Fsp3) is 0.633. The third kappa shape index (κ3) is 9.91. The number of rotatable bonds is 14. The van der Waals surface area contributed by atoms with Gasteiger partial charge < -0.3 is 30.0 Å². The molecule has 3 aliphatic carbocycles. The van der Waals surface area contributed by atoms with E-state index >= 15 is 0 Å². The van der Waals surface area contributed by atoms with E-state index in [4.69, 9.17) is 0 Å². The maximum atomic E-state index is 11.9. The topological polar surface area (TPSA) is 70.4 Å². The van der Waals surface area contributed by atoms with Crippen LogP contribution in [-0.2, 0) is 31.5 Å². The van der Waals surface area contributed by atoms with Gasteiger partial charge in [-0.2, -0.15) is 0 Å². The van der Waals surface area contributed by atoms with Crippen LogP contribution in [-0.4, -0.2) is 72.3 Å². The largest absolute Gasteiger partial charge is 0.507 e. The molecule has 3 saturated carbocycles. The molecule has 3 fully saturated rings. The number of benzene rings is 3. The number of hydrogen-bond acceptors (Lipinski definition) is 6. The number of hydrogen-bond donors (Lipinski definition) is 3. The molecule has 6 heteroatoms. The van der Waals surface area contributed by atoms with Crippen molar-refractivity contribution in [2.75, 3.05) is 42.3 Å². The normalized spacial score (nSPS) is 18.2. The second-order valence-electron chi connectivity index (χ2n) is 18.9. The van der Waals surface area contributed by atoms with E-state index in [1.165, 1.54) is 74.5 Å². The minimum Gasteiger partial charge on any atom is -0.507 e. The zero-order chi connectivity index (χ0) is 39.3. The Morgan fingerprint density at radius 3 is 1.15 bits per heavy atom. The molecule has 0 amide bonds. The standard InChI is InChI=1S/C49H73N3O3/c1-49(41-27-39(32-51(4)5)47(54)44(29-41)36-19-13-9-14-20-36,42-28-40(33-52(6)7)48(55)45(30-42)37-21-15-10-16-22-37)24-23-34-25-38(31-50(2)3)46(53)43(26-34)35-17-11-8-12-18-35/h25-30,35-37,53-55H,8-24,31-33H2,1-7H3. The van der Waals surface area contributed by atoms with Gasteiger partial charge in [-0.1, -0.05) is 89.0 Å². The Bertz CT molecular complexity index is 1650. The van der Waals surface area contributed by atoms with E-state index in [9.17, 15) is 15.3 Å². The van der Waals surface area contributed by atoms with Gasteiger partial charge >= 0.3 is 0 Å². The molecule has 0 spiro atoms. The van der Waals surface area contributed by atoms with Crippen LogP contribution >= 0.6 is 0 Å². The highest BCUT2D eigenvalue weighted by Crippen LogP contribution is 2.48. The molecule has 3 aromatic carbocycles. The van der Waals surface area contributed by atoms with E-state index in [1.807, 2.05) is 0 Å². The first-order valence-corrected chi connectivity index (χ1v) is 21.9. The second-order valence-corrected chi connectivity index (χ2v) is 18.9. The Morgan fingerprint density at radius 2 is 0.800 bits per heavy atom. The van der Waals surface area contributed by atoms with Crippen LogP contribution in [0.2, 0.25) is 0 Å². The van der Waals surface area contributed by atoms with Crippen molar-refractivity contribution in [2.45, 2.75) is 159 Å². The SMILES string of the molecule is CN(C)Cc1cc(CCC(C)(c2cc(CN(C)C)c(O)c(C3CCCCC3)c2)c2cc(CN(C)C)c(O)c(C3CCCCC3)c2)cc(C2CCCCC2)c1O. The van der Waals surface area contributed by atoms with Gasteiger partial charge in [0, 0.05) is 41.7 Å². The van der Waals surface area contributed by atoms with Crippen molar-refractivity contribution in [2.24, 2.45) is 0 Å². The third-order valence-corrected chi connectivity index (χ3v) is 13.5. The summed E-state index contributed by atoms with van der Waals surface area (Å²) in [6, 6.07) is 14.0. The lowest BCUT2D eigenvalue weighted by Crippen LogP contribution is -2.27. The molecule has 3 aliphatic rings. The summed E-state index contributed by atoms with van der Waals surface area (Å²) in [4.78, 5) is 6.51. The van der Waals surface area contributed by atoms with Crippen LogP contribution < -0.4 is 0 Å². The Kier molecular flexibility index (Phi) is 14.0. The lowest BCUT2D eigenvalue weighted by atomic mass is 9.69. The maximum Gasteiger partial charge on any atom is 0.123 e. The zero-order valence-corrected chi connectivity index (χ0v) is 35.5. The molecule has 0 saturated heterocycles. The van der Waals surface area contributed by atoms with Gasteiger partial charge in [-0.15, -0.1) is 0 Å². The minimum absolute atomic E-state index is 0.365. The molecule has 0 unspecified atom stereocenters. The first-order chi connectivity index (χ1) is 26.3. The van der Waals surface area contributed by atoms with Gasteiger partial charge in [0.05, 0.1) is 0 Å². The summed E-state index contributed by atoms with van der Waals surface area (Å²) in [5.74, 6) is 2.61. The van der Waals surface area contributed by atoms with Gasteiger partial charge in [0.25, 0.3) is 0 Å². The molecule has 0 aromatic heterocycles. The smallest absolute Gasteiger partial charge is 0.123 e. The summed E-state index contributed by atoms with van der Waals surface area (Å²) in [5.41, 5.74) is 9.85. The summed E-state index contributed by atoms with van der Waals surface area (Å²) in [6.45, 7) is 4.51. The first kappa shape index (κ1) is 41.6. The van der Waals surface area contributed by atoms with Crippen LogP contribution in [0.25, 0.3) is 0 Å². The quantitative estimate of drug-likeness (QED) is 0.152. The number of aryl methyl sites for hydroxylation is 1.